The first kappa shape index (κ1) is 14.1. The lowest BCUT2D eigenvalue weighted by Crippen LogP contribution is -2.10. The number of aryl methyl sites for hydroxylation is 2. The second kappa shape index (κ2) is 6.31. The predicted octanol–water partition coefficient (Wildman–Crippen LogP) is 4.28. The molecular weight excluding hydrogens is 282 g/mol. The average Bonchev–Trinajstić information content (AvgIpc) is 2.94. The van der Waals surface area contributed by atoms with E-state index in [1.165, 1.54) is 23.3 Å². The van der Waals surface area contributed by atoms with Crippen molar-refractivity contribution in [2.45, 2.75) is 32.6 Å². The molecule has 0 saturated heterocycles. The van der Waals surface area contributed by atoms with Crippen molar-refractivity contribution in [2.24, 2.45) is 0 Å². The molecule has 1 heterocycles. The average molecular weight is 301 g/mol. The Morgan fingerprint density at radius 1 is 1.24 bits per heavy atom. The fourth-order valence-electron chi connectivity index (χ4n) is 2.60. The Labute approximate surface area is 129 Å². The second-order valence-electron chi connectivity index (χ2n) is 5.18. The van der Waals surface area contributed by atoms with Crippen LogP contribution >= 0.6 is 11.3 Å². The maximum absolute atomic E-state index is 12.3. The van der Waals surface area contributed by atoms with Crippen molar-refractivity contribution < 1.29 is 9.53 Å². The number of benzene rings is 1. The summed E-state index contributed by atoms with van der Waals surface area (Å²) in [4.78, 5) is 14.5. The number of ether oxygens (including phenoxy) is 1. The summed E-state index contributed by atoms with van der Waals surface area (Å²) >= 11 is 1.64. The molecule has 21 heavy (non-hydrogen) atoms. The molecule has 1 aromatic heterocycles. The molecular formula is C17H19NO2S. The summed E-state index contributed by atoms with van der Waals surface area (Å²) in [7, 11) is 0. The third-order valence-electron chi connectivity index (χ3n) is 3.64. The number of hydrogen-bond donors (Lipinski definition) is 1. The molecule has 1 aliphatic rings. The van der Waals surface area contributed by atoms with E-state index in [-0.39, 0.29) is 5.91 Å². The van der Waals surface area contributed by atoms with Crippen LogP contribution in [-0.4, -0.2) is 12.5 Å². The standard InChI is InChI=1S/C17H19NO2S/c1-2-20-14-9-7-13(8-10-14)18-17(19)16-11-12-5-3-4-6-15(12)21-16/h7-11H,2-6H2,1H3,(H,18,19). The Morgan fingerprint density at radius 2 is 2.00 bits per heavy atom. The Morgan fingerprint density at radius 3 is 2.71 bits per heavy atom. The number of fused-ring (bicyclic) bond motifs is 1. The van der Waals surface area contributed by atoms with Crippen molar-refractivity contribution in [1.82, 2.24) is 0 Å². The molecule has 2 aromatic rings. The normalized spacial score (nSPS) is 13.6. The molecule has 0 bridgehead atoms. The SMILES string of the molecule is CCOc1ccc(NC(=O)c2cc3c(s2)CCCC3)cc1. The highest BCUT2D eigenvalue weighted by Gasteiger charge is 2.17. The summed E-state index contributed by atoms with van der Waals surface area (Å²) in [6.45, 7) is 2.60. The van der Waals surface area contributed by atoms with Gasteiger partial charge in [0.1, 0.15) is 5.75 Å². The highest BCUT2D eigenvalue weighted by atomic mass is 32.1. The maximum Gasteiger partial charge on any atom is 0.265 e. The van der Waals surface area contributed by atoms with Gasteiger partial charge in [0.05, 0.1) is 11.5 Å². The largest absolute Gasteiger partial charge is 0.494 e. The molecule has 0 aliphatic heterocycles. The smallest absolute Gasteiger partial charge is 0.265 e. The fourth-order valence-corrected chi connectivity index (χ4v) is 3.75. The highest BCUT2D eigenvalue weighted by Crippen LogP contribution is 2.30. The van der Waals surface area contributed by atoms with E-state index >= 15 is 0 Å². The molecule has 0 radical (unpaired) electrons. The van der Waals surface area contributed by atoms with Gasteiger partial charge in [0.15, 0.2) is 0 Å². The van der Waals surface area contributed by atoms with Gasteiger partial charge in [0.25, 0.3) is 5.91 Å². The summed E-state index contributed by atoms with van der Waals surface area (Å²) in [5, 5.41) is 2.95. The van der Waals surface area contributed by atoms with Crippen LogP contribution in [0.2, 0.25) is 0 Å². The minimum Gasteiger partial charge on any atom is -0.494 e. The van der Waals surface area contributed by atoms with Crippen LogP contribution in [0.3, 0.4) is 0 Å². The second-order valence-corrected chi connectivity index (χ2v) is 6.31. The number of rotatable bonds is 4. The predicted molar refractivity (Wildman–Crippen MR) is 86.5 cm³/mol. The van der Waals surface area contributed by atoms with Crippen molar-refractivity contribution in [3.63, 3.8) is 0 Å². The fraction of sp³-hybridized carbons (Fsp3) is 0.353. The van der Waals surface area contributed by atoms with Crippen LogP contribution in [0.1, 0.15) is 39.9 Å². The Hall–Kier alpha value is -1.81. The monoisotopic (exact) mass is 301 g/mol. The quantitative estimate of drug-likeness (QED) is 0.915. The molecule has 0 fully saturated rings. The first-order chi connectivity index (χ1) is 10.3. The van der Waals surface area contributed by atoms with Crippen molar-refractivity contribution in [3.8, 4) is 5.75 Å². The lowest BCUT2D eigenvalue weighted by atomic mass is 9.99. The van der Waals surface area contributed by atoms with Crippen molar-refractivity contribution >= 4 is 22.9 Å². The van der Waals surface area contributed by atoms with Gasteiger partial charge in [-0.25, -0.2) is 0 Å². The molecule has 1 amide bonds. The molecule has 0 spiro atoms. The molecule has 3 rings (SSSR count). The number of hydrogen-bond acceptors (Lipinski definition) is 3. The Kier molecular flexibility index (Phi) is 4.25. The van der Waals surface area contributed by atoms with Crippen LogP contribution < -0.4 is 10.1 Å². The van der Waals surface area contributed by atoms with Crippen LogP contribution in [0.4, 0.5) is 5.69 Å². The van der Waals surface area contributed by atoms with E-state index in [1.807, 2.05) is 31.2 Å². The van der Waals surface area contributed by atoms with Gasteiger partial charge in [0.2, 0.25) is 0 Å². The van der Waals surface area contributed by atoms with E-state index in [4.69, 9.17) is 4.74 Å². The zero-order chi connectivity index (χ0) is 14.7. The third-order valence-corrected chi connectivity index (χ3v) is 4.88. The van der Waals surface area contributed by atoms with E-state index in [2.05, 4.69) is 11.4 Å². The van der Waals surface area contributed by atoms with Gasteiger partial charge in [-0.2, -0.15) is 0 Å². The number of nitrogens with one attached hydrogen (secondary N) is 1. The first-order valence-corrected chi connectivity index (χ1v) is 8.23. The number of carbonyl (C=O) groups excluding carboxylic acids is 1. The van der Waals surface area contributed by atoms with Crippen LogP contribution in [-0.2, 0) is 12.8 Å². The summed E-state index contributed by atoms with van der Waals surface area (Å²) in [5.74, 6) is 0.806. The summed E-state index contributed by atoms with van der Waals surface area (Å²) < 4.78 is 5.39. The summed E-state index contributed by atoms with van der Waals surface area (Å²) in [5.41, 5.74) is 2.16. The molecule has 0 saturated carbocycles. The molecule has 0 atom stereocenters. The number of anilines is 1. The zero-order valence-corrected chi connectivity index (χ0v) is 13.0. The molecule has 1 N–H and O–H groups in total. The lowest BCUT2D eigenvalue weighted by Gasteiger charge is -2.08. The van der Waals surface area contributed by atoms with Crippen molar-refractivity contribution in [3.05, 3.63) is 45.6 Å². The third kappa shape index (κ3) is 3.27. The highest BCUT2D eigenvalue weighted by molar-refractivity contribution is 7.14. The van der Waals surface area contributed by atoms with Crippen LogP contribution in [0.25, 0.3) is 0 Å². The Balaban J connectivity index is 1.69. The van der Waals surface area contributed by atoms with Gasteiger partial charge in [0, 0.05) is 10.6 Å². The van der Waals surface area contributed by atoms with E-state index in [0.717, 1.165) is 29.2 Å². The van der Waals surface area contributed by atoms with E-state index in [9.17, 15) is 4.79 Å². The molecule has 110 valence electrons. The topological polar surface area (TPSA) is 38.3 Å². The van der Waals surface area contributed by atoms with E-state index < -0.39 is 0 Å². The number of amides is 1. The molecule has 1 aliphatic carbocycles. The van der Waals surface area contributed by atoms with E-state index in [1.54, 1.807) is 11.3 Å². The Bertz CT molecular complexity index is 607. The molecule has 1 aromatic carbocycles. The molecule has 4 heteroatoms. The van der Waals surface area contributed by atoms with Gasteiger partial charge in [-0.05, 0) is 68.5 Å². The summed E-state index contributed by atoms with van der Waals surface area (Å²) in [6.07, 6.45) is 4.72. The zero-order valence-electron chi connectivity index (χ0n) is 12.1. The van der Waals surface area contributed by atoms with Gasteiger partial charge in [-0.3, -0.25) is 4.79 Å². The summed E-state index contributed by atoms with van der Waals surface area (Å²) in [6, 6.07) is 9.55. The number of carbonyl (C=O) groups is 1. The van der Waals surface area contributed by atoms with Gasteiger partial charge in [-0.15, -0.1) is 11.3 Å². The minimum absolute atomic E-state index is 0.0152. The van der Waals surface area contributed by atoms with Crippen LogP contribution in [0, 0.1) is 0 Å². The number of thiophene rings is 1. The van der Waals surface area contributed by atoms with Crippen LogP contribution in [0.15, 0.2) is 30.3 Å². The lowest BCUT2D eigenvalue weighted by molar-refractivity contribution is 0.103. The van der Waals surface area contributed by atoms with Gasteiger partial charge < -0.3 is 10.1 Å². The van der Waals surface area contributed by atoms with Crippen molar-refractivity contribution in [2.75, 3.05) is 11.9 Å². The molecule has 3 nitrogen and oxygen atoms in total. The van der Waals surface area contributed by atoms with Gasteiger partial charge >= 0.3 is 0 Å². The maximum atomic E-state index is 12.3. The van der Waals surface area contributed by atoms with Gasteiger partial charge in [-0.1, -0.05) is 0 Å². The minimum atomic E-state index is -0.0152. The van der Waals surface area contributed by atoms with E-state index in [0.29, 0.717) is 6.61 Å². The van der Waals surface area contributed by atoms with Crippen molar-refractivity contribution in [1.29, 1.82) is 0 Å². The van der Waals surface area contributed by atoms with Crippen LogP contribution in [0.5, 0.6) is 5.75 Å². The first-order valence-electron chi connectivity index (χ1n) is 7.42. The molecule has 0 unspecified atom stereocenters.